The van der Waals surface area contributed by atoms with Crippen molar-refractivity contribution in [3.63, 3.8) is 0 Å². The van der Waals surface area contributed by atoms with Gasteiger partial charge in [0.05, 0.1) is 12.4 Å². The summed E-state index contributed by atoms with van der Waals surface area (Å²) in [6.07, 6.45) is 14.1. The Balaban J connectivity index is 1.53. The average Bonchev–Trinajstić information content (AvgIpc) is 2.63. The van der Waals surface area contributed by atoms with Gasteiger partial charge in [-0.3, -0.25) is 9.59 Å². The van der Waals surface area contributed by atoms with E-state index in [1.165, 1.54) is 25.2 Å². The van der Waals surface area contributed by atoms with E-state index < -0.39 is 0 Å². The molecule has 0 bridgehead atoms. The van der Waals surface area contributed by atoms with Gasteiger partial charge in [-0.15, -0.1) is 0 Å². The number of hydrogen-bond acceptors (Lipinski definition) is 4. The van der Waals surface area contributed by atoms with Crippen LogP contribution in [-0.4, -0.2) is 33.9 Å². The Hall–Kier alpha value is -1.98. The summed E-state index contributed by atoms with van der Waals surface area (Å²) in [5.41, 5.74) is 0.546. The van der Waals surface area contributed by atoms with Gasteiger partial charge in [0.1, 0.15) is 11.4 Å². The molecule has 0 saturated heterocycles. The minimum atomic E-state index is -0.200. The van der Waals surface area contributed by atoms with E-state index in [2.05, 4.69) is 20.6 Å². The van der Waals surface area contributed by atoms with Gasteiger partial charge in [-0.1, -0.05) is 38.5 Å². The van der Waals surface area contributed by atoms with Crippen LogP contribution in [0.1, 0.15) is 85.2 Å². The molecule has 0 spiro atoms. The zero-order valence-electron chi connectivity index (χ0n) is 14.1. The maximum atomic E-state index is 12.2. The van der Waals surface area contributed by atoms with Crippen LogP contribution < -0.4 is 10.6 Å². The molecule has 2 aliphatic rings. The second-order valence-electron chi connectivity index (χ2n) is 6.90. The van der Waals surface area contributed by atoms with Crippen LogP contribution in [0.3, 0.4) is 0 Å². The summed E-state index contributed by atoms with van der Waals surface area (Å²) in [5.74, 6) is -0.401. The summed E-state index contributed by atoms with van der Waals surface area (Å²) in [6, 6.07) is 0.477. The lowest BCUT2D eigenvalue weighted by Gasteiger charge is -2.23. The fourth-order valence-electron chi connectivity index (χ4n) is 3.58. The molecule has 24 heavy (non-hydrogen) atoms. The lowest BCUT2D eigenvalue weighted by molar-refractivity contribution is 0.0907. The highest BCUT2D eigenvalue weighted by Crippen LogP contribution is 2.18. The van der Waals surface area contributed by atoms with E-state index in [0.29, 0.717) is 0 Å². The molecule has 1 aromatic heterocycles. The third-order valence-electron chi connectivity index (χ3n) is 5.00. The minimum absolute atomic E-state index is 0.200. The highest BCUT2D eigenvalue weighted by molar-refractivity contribution is 5.94. The SMILES string of the molecule is O=C(NC1CCCCC1)c1cnc(C(=O)NC2CCCCC2)cn1. The fourth-order valence-corrected chi connectivity index (χ4v) is 3.58. The van der Waals surface area contributed by atoms with Gasteiger partial charge in [0.2, 0.25) is 0 Å². The van der Waals surface area contributed by atoms with E-state index in [1.807, 2.05) is 0 Å². The largest absolute Gasteiger partial charge is 0.348 e. The Morgan fingerprint density at radius 1 is 0.708 bits per heavy atom. The second-order valence-corrected chi connectivity index (χ2v) is 6.90. The first-order chi connectivity index (χ1) is 11.7. The molecule has 0 radical (unpaired) electrons. The molecule has 2 saturated carbocycles. The molecule has 0 atom stereocenters. The van der Waals surface area contributed by atoms with E-state index in [1.54, 1.807) is 0 Å². The van der Waals surface area contributed by atoms with Gasteiger partial charge in [0.15, 0.2) is 0 Å². The summed E-state index contributed by atoms with van der Waals surface area (Å²) in [7, 11) is 0. The topological polar surface area (TPSA) is 84.0 Å². The fraction of sp³-hybridized carbons (Fsp3) is 0.667. The molecule has 130 valence electrons. The van der Waals surface area contributed by atoms with E-state index in [9.17, 15) is 9.59 Å². The summed E-state index contributed by atoms with van der Waals surface area (Å²) in [4.78, 5) is 32.6. The predicted octanol–water partition coefficient (Wildman–Crippen LogP) is 2.60. The van der Waals surface area contributed by atoms with E-state index in [0.717, 1.165) is 51.4 Å². The van der Waals surface area contributed by atoms with Gasteiger partial charge >= 0.3 is 0 Å². The van der Waals surface area contributed by atoms with E-state index in [4.69, 9.17) is 0 Å². The molecule has 1 aromatic rings. The highest BCUT2D eigenvalue weighted by atomic mass is 16.2. The van der Waals surface area contributed by atoms with Crippen LogP contribution in [0.5, 0.6) is 0 Å². The van der Waals surface area contributed by atoms with Gasteiger partial charge in [-0.25, -0.2) is 9.97 Å². The Morgan fingerprint density at radius 3 is 1.42 bits per heavy atom. The number of nitrogens with one attached hydrogen (secondary N) is 2. The molecule has 0 aliphatic heterocycles. The van der Waals surface area contributed by atoms with E-state index in [-0.39, 0.29) is 35.3 Å². The van der Waals surface area contributed by atoms with Crippen LogP contribution in [0.25, 0.3) is 0 Å². The number of rotatable bonds is 4. The smallest absolute Gasteiger partial charge is 0.271 e. The van der Waals surface area contributed by atoms with Crippen LogP contribution in [0.15, 0.2) is 12.4 Å². The predicted molar refractivity (Wildman–Crippen MR) is 90.7 cm³/mol. The van der Waals surface area contributed by atoms with Gasteiger partial charge in [0.25, 0.3) is 11.8 Å². The van der Waals surface area contributed by atoms with Gasteiger partial charge in [-0.05, 0) is 25.7 Å². The van der Waals surface area contributed by atoms with E-state index >= 15 is 0 Å². The summed E-state index contributed by atoms with van der Waals surface area (Å²) in [6.45, 7) is 0. The van der Waals surface area contributed by atoms with Crippen LogP contribution in [0, 0.1) is 0 Å². The van der Waals surface area contributed by atoms with Gasteiger partial charge in [-0.2, -0.15) is 0 Å². The Kier molecular flexibility index (Phi) is 5.77. The van der Waals surface area contributed by atoms with Gasteiger partial charge in [0, 0.05) is 12.1 Å². The van der Waals surface area contributed by atoms with Crippen molar-refractivity contribution >= 4 is 11.8 Å². The second kappa shape index (κ2) is 8.22. The Bertz CT molecular complexity index is 510. The van der Waals surface area contributed by atoms with Crippen molar-refractivity contribution in [2.45, 2.75) is 76.3 Å². The normalized spacial score (nSPS) is 19.7. The van der Waals surface area contributed by atoms with Crippen molar-refractivity contribution in [3.05, 3.63) is 23.8 Å². The van der Waals surface area contributed by atoms with Crippen molar-refractivity contribution in [3.8, 4) is 0 Å². The van der Waals surface area contributed by atoms with Crippen molar-refractivity contribution in [2.75, 3.05) is 0 Å². The number of hydrogen-bond donors (Lipinski definition) is 2. The standard InChI is InChI=1S/C18H26N4O2/c23-17(21-13-7-3-1-4-8-13)15-11-20-16(12-19-15)18(24)22-14-9-5-2-6-10-14/h11-14H,1-10H2,(H,21,23)(H,22,24). The molecule has 2 aliphatic carbocycles. The Morgan fingerprint density at radius 2 is 1.08 bits per heavy atom. The highest BCUT2D eigenvalue weighted by Gasteiger charge is 2.20. The van der Waals surface area contributed by atoms with Crippen LogP contribution in [-0.2, 0) is 0 Å². The van der Waals surface area contributed by atoms with Crippen LogP contribution in [0.4, 0.5) is 0 Å². The maximum Gasteiger partial charge on any atom is 0.271 e. The lowest BCUT2D eigenvalue weighted by Crippen LogP contribution is -2.37. The quantitative estimate of drug-likeness (QED) is 0.889. The first kappa shape index (κ1) is 16.9. The van der Waals surface area contributed by atoms with Crippen molar-refractivity contribution in [2.24, 2.45) is 0 Å². The van der Waals surface area contributed by atoms with Gasteiger partial charge < -0.3 is 10.6 Å². The lowest BCUT2D eigenvalue weighted by atomic mass is 9.95. The zero-order valence-corrected chi connectivity index (χ0v) is 14.1. The number of aromatic nitrogens is 2. The maximum absolute atomic E-state index is 12.2. The molecular formula is C18H26N4O2. The molecule has 2 amide bonds. The minimum Gasteiger partial charge on any atom is -0.348 e. The Labute approximate surface area is 142 Å². The summed E-state index contributed by atoms with van der Waals surface area (Å²) in [5, 5.41) is 6.02. The first-order valence-electron chi connectivity index (χ1n) is 9.16. The van der Waals surface area contributed by atoms with Crippen molar-refractivity contribution in [1.82, 2.24) is 20.6 Å². The number of carbonyl (C=O) groups excluding carboxylic acids is 2. The number of amides is 2. The molecule has 2 N–H and O–H groups in total. The molecular weight excluding hydrogens is 304 g/mol. The molecule has 1 heterocycles. The number of carbonyl (C=O) groups is 2. The average molecular weight is 330 g/mol. The number of nitrogens with zero attached hydrogens (tertiary/aromatic N) is 2. The molecule has 3 rings (SSSR count). The first-order valence-corrected chi connectivity index (χ1v) is 9.16. The molecule has 0 unspecified atom stereocenters. The zero-order chi connectivity index (χ0) is 16.8. The van der Waals surface area contributed by atoms with Crippen molar-refractivity contribution < 1.29 is 9.59 Å². The van der Waals surface area contributed by atoms with Crippen molar-refractivity contribution in [1.29, 1.82) is 0 Å². The molecule has 6 heteroatoms. The molecule has 2 fully saturated rings. The summed E-state index contributed by atoms with van der Waals surface area (Å²) >= 11 is 0. The van der Waals surface area contributed by atoms with Crippen LogP contribution >= 0.6 is 0 Å². The summed E-state index contributed by atoms with van der Waals surface area (Å²) < 4.78 is 0. The monoisotopic (exact) mass is 330 g/mol. The van der Waals surface area contributed by atoms with Crippen LogP contribution in [0.2, 0.25) is 0 Å². The third kappa shape index (κ3) is 4.52. The third-order valence-corrected chi connectivity index (χ3v) is 5.00. The molecule has 6 nitrogen and oxygen atoms in total. The molecule has 0 aromatic carbocycles.